The number of hydrogen-bond acceptors (Lipinski definition) is 2. The first-order valence-corrected chi connectivity index (χ1v) is 9.86. The zero-order valence-corrected chi connectivity index (χ0v) is 16.3. The van der Waals surface area contributed by atoms with Gasteiger partial charge in [-0.15, -0.1) is 0 Å². The van der Waals surface area contributed by atoms with E-state index in [-0.39, 0.29) is 42.6 Å². The summed E-state index contributed by atoms with van der Waals surface area (Å²) in [7, 11) is 0. The molecule has 4 rings (SSSR count). The zero-order valence-electron chi connectivity index (χ0n) is 16.3. The second-order valence-corrected chi connectivity index (χ2v) is 7.91. The summed E-state index contributed by atoms with van der Waals surface area (Å²) in [4.78, 5) is 29.4. The van der Waals surface area contributed by atoms with Crippen LogP contribution in [0.25, 0.3) is 0 Å². The fourth-order valence-electron chi connectivity index (χ4n) is 3.95. The van der Waals surface area contributed by atoms with Crippen molar-refractivity contribution in [1.29, 1.82) is 0 Å². The Bertz CT molecular complexity index is 923. The standard InChI is InChI=1S/C23H25FN2O2/c1-15-6-5-9-21(16(15)2)26-14-18(12-22(26)27)23(28)25(19-10-11-19)13-17-7-3-4-8-20(17)24/h3-9,18-19H,10-14H2,1-2H3. The van der Waals surface area contributed by atoms with Crippen molar-refractivity contribution in [1.82, 2.24) is 4.90 Å². The number of halogens is 1. The molecule has 0 bridgehead atoms. The smallest absolute Gasteiger partial charge is 0.228 e. The van der Waals surface area contributed by atoms with Gasteiger partial charge in [-0.3, -0.25) is 9.59 Å². The Morgan fingerprint density at radius 1 is 1.14 bits per heavy atom. The predicted octanol–water partition coefficient (Wildman–Crippen LogP) is 3.99. The summed E-state index contributed by atoms with van der Waals surface area (Å²) in [5.41, 5.74) is 3.60. The number of aryl methyl sites for hydroxylation is 1. The fourth-order valence-corrected chi connectivity index (χ4v) is 3.95. The van der Waals surface area contributed by atoms with Crippen molar-refractivity contribution in [2.75, 3.05) is 11.4 Å². The van der Waals surface area contributed by atoms with Crippen molar-refractivity contribution < 1.29 is 14.0 Å². The summed E-state index contributed by atoms with van der Waals surface area (Å²) in [6, 6.07) is 12.6. The van der Waals surface area contributed by atoms with Gasteiger partial charge >= 0.3 is 0 Å². The van der Waals surface area contributed by atoms with Crippen molar-refractivity contribution in [3.8, 4) is 0 Å². The topological polar surface area (TPSA) is 40.6 Å². The second-order valence-electron chi connectivity index (χ2n) is 7.91. The highest BCUT2D eigenvalue weighted by Crippen LogP contribution is 2.34. The molecule has 5 heteroatoms. The van der Waals surface area contributed by atoms with E-state index in [0.717, 1.165) is 29.7 Å². The average molecular weight is 380 g/mol. The minimum Gasteiger partial charge on any atom is -0.335 e. The maximum absolute atomic E-state index is 14.1. The first-order valence-electron chi connectivity index (χ1n) is 9.86. The quantitative estimate of drug-likeness (QED) is 0.787. The second kappa shape index (κ2) is 7.38. The van der Waals surface area contributed by atoms with Crippen LogP contribution >= 0.6 is 0 Å². The van der Waals surface area contributed by atoms with E-state index < -0.39 is 0 Å². The summed E-state index contributed by atoms with van der Waals surface area (Å²) < 4.78 is 14.1. The third-order valence-electron chi connectivity index (χ3n) is 5.91. The normalized spacial score (nSPS) is 19.2. The van der Waals surface area contributed by atoms with Gasteiger partial charge in [-0.05, 0) is 49.9 Å². The lowest BCUT2D eigenvalue weighted by Crippen LogP contribution is -2.38. The van der Waals surface area contributed by atoms with E-state index in [9.17, 15) is 14.0 Å². The van der Waals surface area contributed by atoms with Crippen LogP contribution in [0.1, 0.15) is 36.0 Å². The van der Waals surface area contributed by atoms with Crippen LogP contribution in [0.3, 0.4) is 0 Å². The molecule has 1 heterocycles. The highest BCUT2D eigenvalue weighted by Gasteiger charge is 2.41. The van der Waals surface area contributed by atoms with E-state index in [1.165, 1.54) is 6.07 Å². The Morgan fingerprint density at radius 3 is 2.61 bits per heavy atom. The Kier molecular flexibility index (Phi) is 4.92. The molecule has 146 valence electrons. The molecular weight excluding hydrogens is 355 g/mol. The molecular formula is C23H25FN2O2. The summed E-state index contributed by atoms with van der Waals surface area (Å²) in [5.74, 6) is -0.721. The number of amides is 2. The summed E-state index contributed by atoms with van der Waals surface area (Å²) in [6.07, 6.45) is 2.11. The lowest BCUT2D eigenvalue weighted by Gasteiger charge is -2.26. The van der Waals surface area contributed by atoms with Gasteiger partial charge in [0.15, 0.2) is 0 Å². The minimum absolute atomic E-state index is 0.0197. The lowest BCUT2D eigenvalue weighted by atomic mass is 10.1. The third kappa shape index (κ3) is 3.53. The number of carbonyl (C=O) groups is 2. The maximum Gasteiger partial charge on any atom is 0.228 e. The van der Waals surface area contributed by atoms with E-state index in [1.54, 1.807) is 28.0 Å². The molecule has 0 spiro atoms. The lowest BCUT2D eigenvalue weighted by molar-refractivity contribution is -0.137. The van der Waals surface area contributed by atoms with Crippen LogP contribution in [-0.2, 0) is 16.1 Å². The Morgan fingerprint density at radius 2 is 1.89 bits per heavy atom. The van der Waals surface area contributed by atoms with Gasteiger partial charge < -0.3 is 9.80 Å². The fraction of sp³-hybridized carbons (Fsp3) is 0.391. The Hall–Kier alpha value is -2.69. The number of anilines is 1. The van der Waals surface area contributed by atoms with Gasteiger partial charge in [0, 0.05) is 36.8 Å². The van der Waals surface area contributed by atoms with E-state index in [0.29, 0.717) is 12.1 Å². The molecule has 1 atom stereocenters. The number of benzene rings is 2. The van der Waals surface area contributed by atoms with Crippen molar-refractivity contribution in [2.24, 2.45) is 5.92 Å². The zero-order chi connectivity index (χ0) is 19.8. The van der Waals surface area contributed by atoms with E-state index in [4.69, 9.17) is 0 Å². The van der Waals surface area contributed by atoms with Crippen LogP contribution in [-0.4, -0.2) is 29.3 Å². The third-order valence-corrected chi connectivity index (χ3v) is 5.91. The minimum atomic E-state index is -0.375. The first kappa shape index (κ1) is 18.7. The van der Waals surface area contributed by atoms with Gasteiger partial charge in [0.2, 0.25) is 11.8 Å². The average Bonchev–Trinajstić information content (AvgIpc) is 3.45. The largest absolute Gasteiger partial charge is 0.335 e. The Labute approximate surface area is 164 Å². The maximum atomic E-state index is 14.1. The van der Waals surface area contributed by atoms with Crippen LogP contribution in [0.4, 0.5) is 10.1 Å². The van der Waals surface area contributed by atoms with E-state index in [2.05, 4.69) is 0 Å². The van der Waals surface area contributed by atoms with Crippen LogP contribution in [0.2, 0.25) is 0 Å². The summed E-state index contributed by atoms with van der Waals surface area (Å²) in [6.45, 7) is 4.68. The number of rotatable bonds is 5. The van der Waals surface area contributed by atoms with Crippen molar-refractivity contribution in [3.05, 3.63) is 65.0 Å². The molecule has 0 radical (unpaired) electrons. The highest BCUT2D eigenvalue weighted by molar-refractivity contribution is 6.01. The van der Waals surface area contributed by atoms with Crippen LogP contribution in [0.15, 0.2) is 42.5 Å². The van der Waals surface area contributed by atoms with Gasteiger partial charge in [-0.2, -0.15) is 0 Å². The van der Waals surface area contributed by atoms with Crippen LogP contribution in [0.5, 0.6) is 0 Å². The predicted molar refractivity (Wildman–Crippen MR) is 106 cm³/mol. The van der Waals surface area contributed by atoms with Gasteiger partial charge in [0.05, 0.1) is 5.92 Å². The summed E-state index contributed by atoms with van der Waals surface area (Å²) in [5, 5.41) is 0. The number of hydrogen-bond donors (Lipinski definition) is 0. The molecule has 2 amide bonds. The molecule has 2 fully saturated rings. The van der Waals surface area contributed by atoms with Gasteiger partial charge in [0.1, 0.15) is 5.82 Å². The van der Waals surface area contributed by atoms with Crippen molar-refractivity contribution in [3.63, 3.8) is 0 Å². The monoisotopic (exact) mass is 380 g/mol. The van der Waals surface area contributed by atoms with Crippen molar-refractivity contribution in [2.45, 2.75) is 45.7 Å². The highest BCUT2D eigenvalue weighted by atomic mass is 19.1. The molecule has 1 unspecified atom stereocenters. The van der Waals surface area contributed by atoms with E-state index >= 15 is 0 Å². The molecule has 0 N–H and O–H groups in total. The number of nitrogens with zero attached hydrogens (tertiary/aromatic N) is 2. The molecule has 4 nitrogen and oxygen atoms in total. The van der Waals surface area contributed by atoms with E-state index in [1.807, 2.05) is 32.0 Å². The Balaban J connectivity index is 1.53. The van der Waals surface area contributed by atoms with Gasteiger partial charge in [-0.25, -0.2) is 4.39 Å². The molecule has 0 aromatic heterocycles. The van der Waals surface area contributed by atoms with Crippen LogP contribution in [0, 0.1) is 25.6 Å². The van der Waals surface area contributed by atoms with Crippen molar-refractivity contribution >= 4 is 17.5 Å². The molecule has 2 aromatic rings. The molecule has 28 heavy (non-hydrogen) atoms. The molecule has 2 aliphatic rings. The molecule has 2 aromatic carbocycles. The first-order chi connectivity index (χ1) is 13.5. The SMILES string of the molecule is Cc1cccc(N2CC(C(=O)N(Cc3ccccc3F)C3CC3)CC2=O)c1C. The van der Waals surface area contributed by atoms with Gasteiger partial charge in [0.25, 0.3) is 0 Å². The van der Waals surface area contributed by atoms with Gasteiger partial charge in [-0.1, -0.05) is 30.3 Å². The molecule has 1 saturated heterocycles. The molecule has 1 aliphatic carbocycles. The molecule has 1 aliphatic heterocycles. The summed E-state index contributed by atoms with van der Waals surface area (Å²) >= 11 is 0. The number of carbonyl (C=O) groups excluding carboxylic acids is 2. The molecule has 1 saturated carbocycles. The van der Waals surface area contributed by atoms with Crippen LogP contribution < -0.4 is 4.90 Å².